The number of unbranched alkanes of at least 4 members (excludes halogenated alkanes) is 4. The van der Waals surface area contributed by atoms with Crippen LogP contribution in [0.2, 0.25) is 0 Å². The molecule has 28 heteroatoms. The zero-order valence-electron chi connectivity index (χ0n) is 57.2. The summed E-state index contributed by atoms with van der Waals surface area (Å²) in [6.45, 7) is 13.8. The van der Waals surface area contributed by atoms with E-state index in [1.807, 2.05) is 76.2 Å². The second kappa shape index (κ2) is 48.7. The van der Waals surface area contributed by atoms with E-state index in [9.17, 15) is 52.7 Å². The lowest BCUT2D eigenvalue weighted by molar-refractivity contribution is -0.150. The first kappa shape index (κ1) is 82.3. The summed E-state index contributed by atoms with van der Waals surface area (Å²) in [5.41, 5.74) is 3.46. The third-order valence-corrected chi connectivity index (χ3v) is 14.4. The molecule has 0 saturated carbocycles. The number of hydrogen-bond donors (Lipinski definition) is 7. The van der Waals surface area contributed by atoms with E-state index in [1.165, 1.54) is 0 Å². The zero-order chi connectivity index (χ0) is 70.4. The smallest absolute Gasteiger partial charge is 0.407 e. The molecule has 538 valence electrons. The van der Waals surface area contributed by atoms with Crippen molar-refractivity contribution in [2.75, 3.05) is 106 Å². The molecule has 7 amide bonds. The number of carbonyl (C=O) groups is 11. The van der Waals surface area contributed by atoms with Crippen LogP contribution in [-0.4, -0.2) is 201 Å². The number of nitrogens with one attached hydrogen (secondary N) is 7. The second-order valence-corrected chi connectivity index (χ2v) is 23.6. The number of benzene rings is 2. The van der Waals surface area contributed by atoms with Gasteiger partial charge in [0.15, 0.2) is 0 Å². The van der Waals surface area contributed by atoms with Crippen LogP contribution in [0.3, 0.4) is 0 Å². The lowest BCUT2D eigenvalue weighted by Gasteiger charge is -2.23. The minimum absolute atomic E-state index is 0.00544. The third-order valence-electron chi connectivity index (χ3n) is 14.4. The average molecular weight is 1360 g/mol. The summed E-state index contributed by atoms with van der Waals surface area (Å²) in [7, 11) is 0. The van der Waals surface area contributed by atoms with Gasteiger partial charge in [0.25, 0.3) is 0 Å². The van der Waals surface area contributed by atoms with Crippen molar-refractivity contribution in [1.82, 2.24) is 37.2 Å². The van der Waals surface area contributed by atoms with Crippen LogP contribution >= 0.6 is 0 Å². The lowest BCUT2D eigenvalue weighted by Crippen LogP contribution is -2.53. The summed E-state index contributed by atoms with van der Waals surface area (Å²) in [6.07, 6.45) is 2.18. The minimum Gasteiger partial charge on any atom is -0.466 e. The molecule has 0 fully saturated rings. The standard InChI is InChI=1S/C68H105N7O21/c1-8-12-35-91-60(79)30-26-55(64(83)93-37-14-10-3)73-58(77)29-25-54(63(82)74-56(65(84)94-38-15-11-4)27-31-61(80)92-36-13-9-2)72-59(78)47-90-45-44-87-39-32-69-57(76)28-24-53(62(81)70-33-40-88-42-43-89-41-34-71-66(85)96-68(5,6)7)75-67(86)95-46-52-50-22-18-16-20-48(50)49-21-17-19-23-51(49)52/h16-23,52-56H,8-15,24-47H2,1-7H3,(H,69,76)(H,70,81)(H,71,85)(H,72,78)(H,73,77)(H,74,82)(H,75,86). The molecular weight excluding hydrogens is 1250 g/mol. The number of carbonyl (C=O) groups excluding carboxylic acids is 11. The molecule has 28 nitrogen and oxygen atoms in total. The van der Waals surface area contributed by atoms with E-state index < -0.39 is 108 Å². The fourth-order valence-corrected chi connectivity index (χ4v) is 9.28. The first-order chi connectivity index (χ1) is 46.2. The van der Waals surface area contributed by atoms with Crippen molar-refractivity contribution in [1.29, 1.82) is 0 Å². The van der Waals surface area contributed by atoms with Gasteiger partial charge in [0, 0.05) is 51.2 Å². The van der Waals surface area contributed by atoms with Gasteiger partial charge in [-0.2, -0.15) is 0 Å². The van der Waals surface area contributed by atoms with E-state index in [1.54, 1.807) is 20.8 Å². The van der Waals surface area contributed by atoms with Crippen molar-refractivity contribution in [3.8, 4) is 11.1 Å². The van der Waals surface area contributed by atoms with E-state index >= 15 is 0 Å². The molecule has 0 saturated heterocycles. The molecule has 0 bridgehead atoms. The van der Waals surface area contributed by atoms with Crippen molar-refractivity contribution in [2.24, 2.45) is 0 Å². The second-order valence-electron chi connectivity index (χ2n) is 23.6. The molecule has 4 unspecified atom stereocenters. The Labute approximate surface area is 564 Å². The predicted octanol–water partition coefficient (Wildman–Crippen LogP) is 5.67. The van der Waals surface area contributed by atoms with Gasteiger partial charge in [-0.05, 0) is 94.4 Å². The van der Waals surface area contributed by atoms with Gasteiger partial charge >= 0.3 is 36.1 Å². The summed E-state index contributed by atoms with van der Waals surface area (Å²) < 4.78 is 54.3. The maximum atomic E-state index is 14.0. The van der Waals surface area contributed by atoms with Crippen LogP contribution < -0.4 is 37.2 Å². The molecule has 7 N–H and O–H groups in total. The van der Waals surface area contributed by atoms with E-state index in [0.29, 0.717) is 32.1 Å². The van der Waals surface area contributed by atoms with Gasteiger partial charge in [0.2, 0.25) is 29.5 Å². The highest BCUT2D eigenvalue weighted by atomic mass is 16.6. The molecule has 0 aromatic heterocycles. The molecule has 0 spiro atoms. The van der Waals surface area contributed by atoms with Gasteiger partial charge < -0.3 is 84.6 Å². The van der Waals surface area contributed by atoms with Crippen LogP contribution in [-0.2, 0) is 90.5 Å². The molecule has 1 aliphatic rings. The van der Waals surface area contributed by atoms with Crippen LogP contribution in [0.5, 0.6) is 0 Å². The molecule has 0 aliphatic heterocycles. The van der Waals surface area contributed by atoms with Gasteiger partial charge in [-0.15, -0.1) is 0 Å². The van der Waals surface area contributed by atoms with Gasteiger partial charge in [0.05, 0.1) is 72.7 Å². The highest BCUT2D eigenvalue weighted by Gasteiger charge is 2.33. The fraction of sp³-hybridized carbons (Fsp3) is 0.662. The Hall–Kier alpha value is -7.95. The Morgan fingerprint density at radius 1 is 0.406 bits per heavy atom. The van der Waals surface area contributed by atoms with E-state index in [4.69, 9.17) is 47.4 Å². The van der Waals surface area contributed by atoms with Crippen LogP contribution in [0.1, 0.15) is 168 Å². The maximum Gasteiger partial charge on any atom is 0.407 e. The highest BCUT2D eigenvalue weighted by Crippen LogP contribution is 2.44. The van der Waals surface area contributed by atoms with Crippen LogP contribution in [0, 0.1) is 0 Å². The van der Waals surface area contributed by atoms with Gasteiger partial charge in [-0.25, -0.2) is 19.2 Å². The quantitative estimate of drug-likeness (QED) is 0.0238. The molecule has 4 atom stereocenters. The number of alkyl carbamates (subject to hydrolysis) is 2. The predicted molar refractivity (Wildman–Crippen MR) is 352 cm³/mol. The molecular formula is C68H105N7O21. The highest BCUT2D eigenvalue weighted by molar-refractivity contribution is 5.92. The average Bonchev–Trinajstić information content (AvgIpc) is 1.62. The summed E-state index contributed by atoms with van der Waals surface area (Å²) in [5, 5.41) is 18.4. The molecule has 2 aromatic carbocycles. The molecule has 96 heavy (non-hydrogen) atoms. The van der Waals surface area contributed by atoms with E-state index in [-0.39, 0.29) is 150 Å². The summed E-state index contributed by atoms with van der Waals surface area (Å²) in [6, 6.07) is 10.5. The Morgan fingerprint density at radius 2 is 0.833 bits per heavy atom. The molecule has 0 heterocycles. The van der Waals surface area contributed by atoms with Crippen molar-refractivity contribution in [3.63, 3.8) is 0 Å². The molecule has 0 radical (unpaired) electrons. The monoisotopic (exact) mass is 1360 g/mol. The Balaban J connectivity index is 1.57. The number of fused-ring (bicyclic) bond motifs is 3. The fourth-order valence-electron chi connectivity index (χ4n) is 9.28. The topological polar surface area (TPSA) is 364 Å². The number of rotatable bonds is 51. The maximum absolute atomic E-state index is 14.0. The SMILES string of the molecule is CCCCOC(=O)CCC(NC(=O)CCC(NC(=O)COCCOCCNC(=O)CCC(NC(=O)OCC1c2ccccc2-c2ccccc21)C(=O)NCCOCCOCCNC(=O)OC(C)(C)C)C(=O)NC(CCC(=O)OCCCC)C(=O)OCCCC)C(=O)OCCCC. The largest absolute Gasteiger partial charge is 0.466 e. The van der Waals surface area contributed by atoms with Crippen molar-refractivity contribution in [3.05, 3.63) is 59.7 Å². The lowest BCUT2D eigenvalue weighted by atomic mass is 9.98. The third kappa shape index (κ3) is 35.7. The van der Waals surface area contributed by atoms with Crippen LogP contribution in [0.25, 0.3) is 11.1 Å². The number of amides is 7. The first-order valence-corrected chi connectivity index (χ1v) is 33.7. The first-order valence-electron chi connectivity index (χ1n) is 33.7. The minimum atomic E-state index is -1.46. The van der Waals surface area contributed by atoms with Gasteiger partial charge in [-0.1, -0.05) is 102 Å². The van der Waals surface area contributed by atoms with E-state index in [2.05, 4.69) is 37.2 Å². The number of hydrogen-bond acceptors (Lipinski definition) is 21. The van der Waals surface area contributed by atoms with E-state index in [0.717, 1.165) is 41.5 Å². The summed E-state index contributed by atoms with van der Waals surface area (Å²) in [5.74, 6) is -6.40. The summed E-state index contributed by atoms with van der Waals surface area (Å²) >= 11 is 0. The normalized spacial score (nSPS) is 12.8. The van der Waals surface area contributed by atoms with Crippen molar-refractivity contribution in [2.45, 2.75) is 187 Å². The molecule has 2 aromatic rings. The summed E-state index contributed by atoms with van der Waals surface area (Å²) in [4.78, 5) is 144. The molecule has 1 aliphatic carbocycles. The molecule has 3 rings (SSSR count). The Morgan fingerprint density at radius 3 is 1.34 bits per heavy atom. The van der Waals surface area contributed by atoms with Gasteiger partial charge in [0.1, 0.15) is 43.0 Å². The van der Waals surface area contributed by atoms with Gasteiger partial charge in [-0.3, -0.25) is 33.6 Å². The van der Waals surface area contributed by atoms with Crippen LogP contribution in [0.4, 0.5) is 9.59 Å². The Kier molecular flexibility index (Phi) is 41.7. The van der Waals surface area contributed by atoms with Crippen molar-refractivity contribution < 1.29 is 100 Å². The number of esters is 4. The van der Waals surface area contributed by atoms with Crippen LogP contribution in [0.15, 0.2) is 48.5 Å². The van der Waals surface area contributed by atoms with Crippen molar-refractivity contribution >= 4 is 65.6 Å². The Bertz CT molecular complexity index is 2660. The number of ether oxygens (including phenoxy) is 10. The zero-order valence-corrected chi connectivity index (χ0v) is 57.2.